The van der Waals surface area contributed by atoms with Crippen LogP contribution in [-0.2, 0) is 23.8 Å². The molecule has 0 bridgehead atoms. The van der Waals surface area contributed by atoms with Crippen LogP contribution in [0, 0.1) is 0 Å². The molecule has 87 heavy (non-hydrogen) atoms. The van der Waals surface area contributed by atoms with Crippen LogP contribution >= 0.6 is 0 Å². The van der Waals surface area contributed by atoms with E-state index in [-0.39, 0.29) is 19.4 Å². The van der Waals surface area contributed by atoms with Crippen molar-refractivity contribution in [2.75, 3.05) is 13.2 Å². The first kappa shape index (κ1) is 81.6. The average Bonchev–Trinajstić information content (AvgIpc) is 1.53. The Morgan fingerprint density at radius 1 is 0.460 bits per heavy atom. The maximum atomic E-state index is 13.5. The van der Waals surface area contributed by atoms with Crippen LogP contribution in [0.1, 0.15) is 310 Å². The number of aliphatic hydroxyl groups is 5. The molecule has 1 rings (SSSR count). The smallest absolute Gasteiger partial charge is 0.306 e. The maximum Gasteiger partial charge on any atom is 0.306 e. The van der Waals surface area contributed by atoms with Crippen LogP contribution in [0.15, 0.2) is 97.2 Å². The third-order valence-corrected chi connectivity index (χ3v) is 16.5. The Hall–Kier alpha value is -3.42. The summed E-state index contributed by atoms with van der Waals surface area (Å²) >= 11 is 0. The highest BCUT2D eigenvalue weighted by Crippen LogP contribution is 2.26. The lowest BCUT2D eigenvalue weighted by Gasteiger charge is -2.41. The van der Waals surface area contributed by atoms with Gasteiger partial charge in [0.05, 0.1) is 25.4 Å². The highest BCUT2D eigenvalue weighted by molar-refractivity contribution is 5.80. The van der Waals surface area contributed by atoms with Gasteiger partial charge in [0, 0.05) is 6.42 Å². The number of nitrogens with one attached hydrogen (secondary N) is 1. The van der Waals surface area contributed by atoms with Crippen LogP contribution in [0.5, 0.6) is 0 Å². The number of aliphatic hydroxyl groups excluding tert-OH is 5. The summed E-state index contributed by atoms with van der Waals surface area (Å²) in [6.45, 7) is 5.68. The van der Waals surface area contributed by atoms with Gasteiger partial charge in [-0.2, -0.15) is 0 Å². The summed E-state index contributed by atoms with van der Waals surface area (Å²) in [4.78, 5) is 26.7. The van der Waals surface area contributed by atoms with Gasteiger partial charge in [-0.1, -0.05) is 298 Å². The summed E-state index contributed by atoms with van der Waals surface area (Å²) < 4.78 is 17.7. The fraction of sp³-hybridized carbons (Fsp3) is 0.763. The van der Waals surface area contributed by atoms with Gasteiger partial charge in [-0.3, -0.25) is 9.59 Å². The van der Waals surface area contributed by atoms with E-state index in [9.17, 15) is 35.1 Å². The average molecular weight is 1220 g/mol. The monoisotopic (exact) mass is 1220 g/mol. The number of carbonyl (C=O) groups excluding carboxylic acids is 2. The van der Waals surface area contributed by atoms with Gasteiger partial charge < -0.3 is 45.1 Å². The van der Waals surface area contributed by atoms with Crippen molar-refractivity contribution in [3.8, 4) is 0 Å². The van der Waals surface area contributed by atoms with Crippen LogP contribution < -0.4 is 5.32 Å². The number of carbonyl (C=O) groups is 2. The predicted molar refractivity (Wildman–Crippen MR) is 365 cm³/mol. The Kier molecular flexibility index (Phi) is 58.9. The first-order valence-corrected chi connectivity index (χ1v) is 36.0. The van der Waals surface area contributed by atoms with Crippen LogP contribution in [0.4, 0.5) is 0 Å². The van der Waals surface area contributed by atoms with E-state index >= 15 is 0 Å². The molecule has 6 N–H and O–H groups in total. The molecule has 1 aliphatic heterocycles. The highest BCUT2D eigenvalue weighted by atomic mass is 16.7. The topological polar surface area (TPSA) is 175 Å². The van der Waals surface area contributed by atoms with Crippen LogP contribution in [0.3, 0.4) is 0 Å². The van der Waals surface area contributed by atoms with Gasteiger partial charge in [0.25, 0.3) is 0 Å². The zero-order valence-electron chi connectivity index (χ0n) is 55.9. The summed E-state index contributed by atoms with van der Waals surface area (Å²) in [5.41, 5.74) is 0. The second kappa shape index (κ2) is 62.8. The molecule has 0 radical (unpaired) electrons. The van der Waals surface area contributed by atoms with Crippen molar-refractivity contribution in [3.63, 3.8) is 0 Å². The summed E-state index contributed by atoms with van der Waals surface area (Å²) in [5, 5.41) is 57.3. The van der Waals surface area contributed by atoms with Crippen LogP contribution in [-0.4, -0.2) is 99.6 Å². The van der Waals surface area contributed by atoms with Crippen molar-refractivity contribution in [3.05, 3.63) is 97.2 Å². The molecule has 1 fully saturated rings. The molecule has 11 heteroatoms. The number of hydrogen-bond donors (Lipinski definition) is 6. The normalized spacial score (nSPS) is 18.8. The van der Waals surface area contributed by atoms with E-state index in [1.165, 1.54) is 161 Å². The van der Waals surface area contributed by atoms with Crippen molar-refractivity contribution >= 4 is 11.9 Å². The molecule has 0 saturated carbocycles. The molecule has 8 atom stereocenters. The Bertz CT molecular complexity index is 1790. The summed E-state index contributed by atoms with van der Waals surface area (Å²) in [5.74, 6) is -1.20. The van der Waals surface area contributed by atoms with Gasteiger partial charge in [-0.05, 0) is 103 Å². The second-order valence-corrected chi connectivity index (χ2v) is 24.6. The number of esters is 1. The zero-order valence-corrected chi connectivity index (χ0v) is 55.9. The summed E-state index contributed by atoms with van der Waals surface area (Å²) in [6.07, 6.45) is 74.3. The van der Waals surface area contributed by atoms with E-state index in [4.69, 9.17) is 14.2 Å². The minimum absolute atomic E-state index is 0.118. The Morgan fingerprint density at radius 3 is 1.26 bits per heavy atom. The predicted octanol–water partition coefficient (Wildman–Crippen LogP) is 18.6. The quantitative estimate of drug-likeness (QED) is 0.0195. The van der Waals surface area contributed by atoms with Gasteiger partial charge in [-0.25, -0.2) is 0 Å². The SMILES string of the molecule is CC/C=C\C/C=C\C/C=C\C/C=C\C/C=C\CCCCCCCCCCC(O)C(=O)NC(COC1OC(CO)C(O)C(O)C1OC(=O)CCCCCCCCCCCCC/C=C\C/C=C\CCCCC)C(O)/C=C/CCCCCCCCCCCCC. The van der Waals surface area contributed by atoms with Crippen molar-refractivity contribution in [2.45, 2.75) is 359 Å². The van der Waals surface area contributed by atoms with Gasteiger partial charge in [0.1, 0.15) is 24.4 Å². The lowest BCUT2D eigenvalue weighted by atomic mass is 9.99. The molecular weight excluding hydrogens is 1090 g/mol. The molecule has 0 aromatic heterocycles. The van der Waals surface area contributed by atoms with E-state index in [1.54, 1.807) is 6.08 Å². The van der Waals surface area contributed by atoms with Crippen molar-refractivity contribution in [1.29, 1.82) is 0 Å². The third-order valence-electron chi connectivity index (χ3n) is 16.5. The van der Waals surface area contributed by atoms with Gasteiger partial charge in [0.2, 0.25) is 5.91 Å². The lowest BCUT2D eigenvalue weighted by Crippen LogP contribution is -2.61. The van der Waals surface area contributed by atoms with Crippen LogP contribution in [0.25, 0.3) is 0 Å². The highest BCUT2D eigenvalue weighted by Gasteiger charge is 2.47. The Morgan fingerprint density at radius 2 is 0.828 bits per heavy atom. The van der Waals surface area contributed by atoms with E-state index in [2.05, 4.69) is 111 Å². The fourth-order valence-corrected chi connectivity index (χ4v) is 10.8. The zero-order chi connectivity index (χ0) is 63.1. The van der Waals surface area contributed by atoms with E-state index < -0.39 is 67.4 Å². The summed E-state index contributed by atoms with van der Waals surface area (Å²) in [7, 11) is 0. The molecule has 1 saturated heterocycles. The molecule has 502 valence electrons. The number of ether oxygens (including phenoxy) is 3. The molecule has 0 aliphatic carbocycles. The number of allylic oxidation sites excluding steroid dienone is 15. The van der Waals surface area contributed by atoms with Gasteiger partial charge in [0.15, 0.2) is 12.4 Å². The first-order valence-electron chi connectivity index (χ1n) is 36.0. The minimum atomic E-state index is -1.62. The molecule has 8 unspecified atom stereocenters. The molecule has 0 aromatic carbocycles. The first-order chi connectivity index (χ1) is 42.7. The van der Waals surface area contributed by atoms with E-state index in [1.807, 2.05) is 6.08 Å². The molecule has 1 aliphatic rings. The molecular formula is C76H133NO10. The second-order valence-electron chi connectivity index (χ2n) is 24.6. The number of amides is 1. The van der Waals surface area contributed by atoms with Gasteiger partial charge in [-0.15, -0.1) is 0 Å². The van der Waals surface area contributed by atoms with Crippen LogP contribution in [0.2, 0.25) is 0 Å². The number of unbranched alkanes of at least 4 members (excludes halogenated alkanes) is 33. The molecule has 1 amide bonds. The van der Waals surface area contributed by atoms with Crippen molar-refractivity contribution in [2.24, 2.45) is 0 Å². The largest absolute Gasteiger partial charge is 0.454 e. The van der Waals surface area contributed by atoms with Gasteiger partial charge >= 0.3 is 5.97 Å². The molecule has 0 aromatic rings. The van der Waals surface area contributed by atoms with Crippen molar-refractivity contribution in [1.82, 2.24) is 5.32 Å². The Balaban J connectivity index is 2.60. The number of rotatable bonds is 61. The summed E-state index contributed by atoms with van der Waals surface area (Å²) in [6, 6.07) is -1.03. The van der Waals surface area contributed by atoms with Crippen molar-refractivity contribution < 1.29 is 49.3 Å². The molecule has 11 nitrogen and oxygen atoms in total. The maximum absolute atomic E-state index is 13.5. The Labute approximate surface area is 533 Å². The standard InChI is InChI=1S/C76H133NO10/c1-4-7-10-13-16-19-22-25-27-29-31-33-34-35-37-38-40-42-45-48-51-54-57-60-63-69(80)75(84)77-67(68(79)62-59-56-53-50-47-44-24-21-18-15-12-9-6-3)66-85-76-74(73(83)72(82)70(65-78)86-76)87-71(81)64-61-58-55-52-49-46-43-41-39-36-32-30-28-26-23-20-17-14-11-8-5-2/h7,10,16-17,19-20,25-28,31,33,35,37,59,62,67-70,72-74,76,78-80,82-83H,4-6,8-9,11-15,18,21-24,29-30,32,34,36,38-58,60-61,63-66H2,1-3H3,(H,77,84)/b10-7-,19-16-,20-17-,27-25-,28-26-,33-31-,37-35-,62-59+. The molecule has 1 heterocycles. The number of hydrogen-bond acceptors (Lipinski definition) is 10. The fourth-order valence-electron chi connectivity index (χ4n) is 10.8. The van der Waals surface area contributed by atoms with E-state index in [0.29, 0.717) is 12.8 Å². The minimum Gasteiger partial charge on any atom is -0.454 e. The third kappa shape index (κ3) is 50.0. The van der Waals surface area contributed by atoms with E-state index in [0.717, 1.165) is 103 Å². The lowest BCUT2D eigenvalue weighted by molar-refractivity contribution is -0.305. The molecule has 0 spiro atoms.